The SMILES string of the molecule is CC1(C)COC(=O)N[C@@H]1c1cc(Br)ccc1Cl. The van der Waals surface area contributed by atoms with Gasteiger partial charge in [-0.25, -0.2) is 4.79 Å². The van der Waals surface area contributed by atoms with Crippen molar-refractivity contribution in [1.82, 2.24) is 5.32 Å². The minimum Gasteiger partial charge on any atom is -0.449 e. The quantitative estimate of drug-likeness (QED) is 0.852. The first kappa shape index (κ1) is 12.7. The van der Waals surface area contributed by atoms with Gasteiger partial charge in [0.2, 0.25) is 0 Å². The monoisotopic (exact) mass is 317 g/mol. The third-order valence-corrected chi connectivity index (χ3v) is 3.73. The molecule has 0 radical (unpaired) electrons. The molecule has 0 saturated carbocycles. The summed E-state index contributed by atoms with van der Waals surface area (Å²) in [5.74, 6) is 0. The number of hydrogen-bond acceptors (Lipinski definition) is 2. The van der Waals surface area contributed by atoms with Crippen LogP contribution in [-0.2, 0) is 4.74 Å². The van der Waals surface area contributed by atoms with Gasteiger partial charge < -0.3 is 10.1 Å². The Morgan fingerprint density at radius 2 is 2.24 bits per heavy atom. The molecular formula is C12H13BrClNO2. The lowest BCUT2D eigenvalue weighted by Crippen LogP contribution is -2.47. The Labute approximate surface area is 114 Å². The molecule has 17 heavy (non-hydrogen) atoms. The van der Waals surface area contributed by atoms with Crippen molar-refractivity contribution in [3.8, 4) is 0 Å². The largest absolute Gasteiger partial charge is 0.449 e. The minimum atomic E-state index is -0.398. The molecule has 5 heteroatoms. The van der Waals surface area contributed by atoms with E-state index < -0.39 is 6.09 Å². The summed E-state index contributed by atoms with van der Waals surface area (Å²) in [6.07, 6.45) is -0.398. The van der Waals surface area contributed by atoms with Crippen LogP contribution in [0.2, 0.25) is 5.02 Å². The van der Waals surface area contributed by atoms with E-state index in [1.54, 1.807) is 0 Å². The Balaban J connectivity index is 2.42. The van der Waals surface area contributed by atoms with E-state index in [1.165, 1.54) is 0 Å². The Morgan fingerprint density at radius 3 is 2.94 bits per heavy atom. The highest BCUT2D eigenvalue weighted by molar-refractivity contribution is 9.10. The van der Waals surface area contributed by atoms with Gasteiger partial charge in [0.05, 0.1) is 6.04 Å². The molecule has 0 spiro atoms. The molecule has 0 bridgehead atoms. The molecule has 1 aliphatic rings. The molecule has 1 aromatic rings. The number of hydrogen-bond donors (Lipinski definition) is 1. The molecule has 0 aromatic heterocycles. The Bertz CT molecular complexity index is 462. The second kappa shape index (κ2) is 4.50. The van der Waals surface area contributed by atoms with Gasteiger partial charge in [0.15, 0.2) is 0 Å². The molecule has 2 rings (SSSR count). The van der Waals surface area contributed by atoms with Crippen LogP contribution in [0, 0.1) is 5.41 Å². The molecular weight excluding hydrogens is 305 g/mol. The van der Waals surface area contributed by atoms with Crippen molar-refractivity contribution in [3.63, 3.8) is 0 Å². The van der Waals surface area contributed by atoms with Gasteiger partial charge >= 0.3 is 6.09 Å². The molecule has 1 heterocycles. The van der Waals surface area contributed by atoms with E-state index >= 15 is 0 Å². The average Bonchev–Trinajstić information content (AvgIpc) is 2.26. The highest BCUT2D eigenvalue weighted by Gasteiger charge is 2.38. The molecule has 3 nitrogen and oxygen atoms in total. The maximum Gasteiger partial charge on any atom is 0.407 e. The fourth-order valence-corrected chi connectivity index (χ4v) is 2.53. The summed E-state index contributed by atoms with van der Waals surface area (Å²) in [6.45, 7) is 4.45. The highest BCUT2D eigenvalue weighted by Crippen LogP contribution is 2.40. The normalized spacial score (nSPS) is 22.8. The molecule has 92 valence electrons. The van der Waals surface area contributed by atoms with Crippen molar-refractivity contribution in [1.29, 1.82) is 0 Å². The standard InChI is InChI=1S/C12H13BrClNO2/c1-12(2)6-17-11(16)15-10(12)8-5-7(13)3-4-9(8)14/h3-5,10H,6H2,1-2H3,(H,15,16)/t10-/m1/s1. The summed E-state index contributed by atoms with van der Waals surface area (Å²) in [5, 5.41) is 3.47. The number of alkyl carbamates (subject to hydrolysis) is 1. The zero-order valence-corrected chi connectivity index (χ0v) is 11.9. The molecule has 1 aromatic carbocycles. The fraction of sp³-hybridized carbons (Fsp3) is 0.417. The van der Waals surface area contributed by atoms with Gasteiger partial charge in [-0.1, -0.05) is 41.4 Å². The van der Waals surface area contributed by atoms with Crippen LogP contribution < -0.4 is 5.32 Å². The second-order valence-electron chi connectivity index (χ2n) is 4.81. The topological polar surface area (TPSA) is 38.3 Å². The Hall–Kier alpha value is -0.740. The molecule has 1 aliphatic heterocycles. The summed E-state index contributed by atoms with van der Waals surface area (Å²) in [6, 6.07) is 5.48. The summed E-state index contributed by atoms with van der Waals surface area (Å²) < 4.78 is 5.95. The van der Waals surface area contributed by atoms with Crippen LogP contribution >= 0.6 is 27.5 Å². The Morgan fingerprint density at radius 1 is 1.53 bits per heavy atom. The van der Waals surface area contributed by atoms with Gasteiger partial charge in [-0.15, -0.1) is 0 Å². The summed E-state index contributed by atoms with van der Waals surface area (Å²) in [4.78, 5) is 11.3. The molecule has 1 amide bonds. The van der Waals surface area contributed by atoms with Gasteiger partial charge in [-0.2, -0.15) is 0 Å². The van der Waals surface area contributed by atoms with Crippen molar-refractivity contribution in [2.75, 3.05) is 6.61 Å². The maximum atomic E-state index is 11.3. The number of carbonyl (C=O) groups is 1. The Kier molecular flexibility index (Phi) is 3.36. The number of benzene rings is 1. The van der Waals surface area contributed by atoms with Crippen molar-refractivity contribution >= 4 is 33.6 Å². The van der Waals surface area contributed by atoms with Gasteiger partial charge in [0.25, 0.3) is 0 Å². The lowest BCUT2D eigenvalue weighted by molar-refractivity contribution is 0.0387. The second-order valence-corrected chi connectivity index (χ2v) is 6.13. The fourth-order valence-electron chi connectivity index (χ4n) is 1.92. The van der Waals surface area contributed by atoms with Gasteiger partial charge in [0, 0.05) is 14.9 Å². The molecule has 1 atom stereocenters. The summed E-state index contributed by atoms with van der Waals surface area (Å²) >= 11 is 9.60. The van der Waals surface area contributed by atoms with Crippen LogP contribution in [0.15, 0.2) is 22.7 Å². The van der Waals surface area contributed by atoms with Crippen molar-refractivity contribution in [3.05, 3.63) is 33.3 Å². The third kappa shape index (κ3) is 2.58. The predicted octanol–water partition coefficient (Wildman–Crippen LogP) is 3.91. The van der Waals surface area contributed by atoms with Crippen molar-refractivity contribution in [2.24, 2.45) is 5.41 Å². The number of halogens is 2. The lowest BCUT2D eigenvalue weighted by Gasteiger charge is -2.38. The van der Waals surface area contributed by atoms with Crippen LogP contribution in [0.1, 0.15) is 25.5 Å². The van der Waals surface area contributed by atoms with Crippen LogP contribution in [0.3, 0.4) is 0 Å². The maximum absolute atomic E-state index is 11.3. The molecule has 1 saturated heterocycles. The minimum absolute atomic E-state index is 0.145. The summed E-state index contributed by atoms with van der Waals surface area (Å²) in [5.41, 5.74) is 0.709. The first-order valence-electron chi connectivity index (χ1n) is 5.28. The third-order valence-electron chi connectivity index (χ3n) is 2.89. The number of rotatable bonds is 1. The van der Waals surface area contributed by atoms with E-state index in [0.717, 1.165) is 10.0 Å². The molecule has 0 aliphatic carbocycles. The molecule has 1 fully saturated rings. The van der Waals surface area contributed by atoms with E-state index in [-0.39, 0.29) is 11.5 Å². The van der Waals surface area contributed by atoms with Crippen molar-refractivity contribution in [2.45, 2.75) is 19.9 Å². The van der Waals surface area contributed by atoms with E-state index in [2.05, 4.69) is 21.2 Å². The number of ether oxygens (including phenoxy) is 1. The molecule has 0 unspecified atom stereocenters. The van der Waals surface area contributed by atoms with Gasteiger partial charge in [0.1, 0.15) is 6.61 Å². The number of nitrogens with one attached hydrogen (secondary N) is 1. The highest BCUT2D eigenvalue weighted by atomic mass is 79.9. The van der Waals surface area contributed by atoms with Crippen LogP contribution in [0.25, 0.3) is 0 Å². The smallest absolute Gasteiger partial charge is 0.407 e. The first-order chi connectivity index (χ1) is 7.90. The van der Waals surface area contributed by atoms with Crippen LogP contribution in [-0.4, -0.2) is 12.7 Å². The van der Waals surface area contributed by atoms with Crippen LogP contribution in [0.4, 0.5) is 4.79 Å². The first-order valence-corrected chi connectivity index (χ1v) is 6.45. The van der Waals surface area contributed by atoms with E-state index in [9.17, 15) is 4.79 Å². The predicted molar refractivity (Wildman–Crippen MR) is 70.2 cm³/mol. The summed E-state index contributed by atoms with van der Waals surface area (Å²) in [7, 11) is 0. The van der Waals surface area contributed by atoms with E-state index in [1.807, 2.05) is 32.0 Å². The number of cyclic esters (lactones) is 1. The number of amides is 1. The zero-order chi connectivity index (χ0) is 12.6. The van der Waals surface area contributed by atoms with Gasteiger partial charge in [-0.05, 0) is 23.8 Å². The van der Waals surface area contributed by atoms with Crippen molar-refractivity contribution < 1.29 is 9.53 Å². The number of carbonyl (C=O) groups excluding carboxylic acids is 1. The zero-order valence-electron chi connectivity index (χ0n) is 9.59. The van der Waals surface area contributed by atoms with Crippen LogP contribution in [0.5, 0.6) is 0 Å². The van der Waals surface area contributed by atoms with E-state index in [4.69, 9.17) is 16.3 Å². The molecule has 1 N–H and O–H groups in total. The van der Waals surface area contributed by atoms with Gasteiger partial charge in [-0.3, -0.25) is 0 Å². The van der Waals surface area contributed by atoms with E-state index in [0.29, 0.717) is 11.6 Å². The average molecular weight is 319 g/mol. The lowest BCUT2D eigenvalue weighted by atomic mass is 9.80.